The molecule has 0 aromatic heterocycles. The quantitative estimate of drug-likeness (QED) is 0.531. The highest BCUT2D eigenvalue weighted by Gasteiger charge is 2.27. The normalized spacial score (nSPS) is 21.5. The third-order valence-electron chi connectivity index (χ3n) is 3.84. The SMILES string of the molecule is CCCCC(C)(CC)CCC1CC1. The highest BCUT2D eigenvalue weighted by atomic mass is 14.3. The third-order valence-corrected chi connectivity index (χ3v) is 3.84. The molecule has 0 radical (unpaired) electrons. The Hall–Kier alpha value is 0. The van der Waals surface area contributed by atoms with E-state index in [-0.39, 0.29) is 0 Å². The Morgan fingerprint density at radius 2 is 1.85 bits per heavy atom. The molecule has 1 unspecified atom stereocenters. The molecule has 0 spiro atoms. The summed E-state index contributed by atoms with van der Waals surface area (Å²) in [5, 5.41) is 0. The van der Waals surface area contributed by atoms with Gasteiger partial charge in [0.1, 0.15) is 0 Å². The monoisotopic (exact) mass is 182 g/mol. The van der Waals surface area contributed by atoms with Gasteiger partial charge < -0.3 is 0 Å². The van der Waals surface area contributed by atoms with Gasteiger partial charge in [0.05, 0.1) is 0 Å². The number of hydrogen-bond acceptors (Lipinski definition) is 0. The van der Waals surface area contributed by atoms with Crippen LogP contribution in [0.1, 0.15) is 72.1 Å². The second-order valence-corrected chi connectivity index (χ2v) is 5.25. The molecule has 1 saturated carbocycles. The number of hydrogen-bond donors (Lipinski definition) is 0. The van der Waals surface area contributed by atoms with Gasteiger partial charge in [-0.3, -0.25) is 0 Å². The van der Waals surface area contributed by atoms with Crippen molar-refractivity contribution in [2.75, 3.05) is 0 Å². The van der Waals surface area contributed by atoms with Gasteiger partial charge in [0.25, 0.3) is 0 Å². The summed E-state index contributed by atoms with van der Waals surface area (Å²) in [5.74, 6) is 1.12. The van der Waals surface area contributed by atoms with Crippen LogP contribution in [0.3, 0.4) is 0 Å². The van der Waals surface area contributed by atoms with Gasteiger partial charge in [-0.25, -0.2) is 0 Å². The van der Waals surface area contributed by atoms with E-state index in [1.807, 2.05) is 0 Å². The minimum Gasteiger partial charge on any atom is -0.0654 e. The van der Waals surface area contributed by atoms with E-state index < -0.39 is 0 Å². The molecule has 0 aromatic carbocycles. The molecule has 0 aromatic rings. The van der Waals surface area contributed by atoms with E-state index in [0.717, 1.165) is 5.92 Å². The van der Waals surface area contributed by atoms with E-state index in [1.54, 1.807) is 0 Å². The van der Waals surface area contributed by atoms with Crippen LogP contribution in [0, 0.1) is 11.3 Å². The second kappa shape index (κ2) is 5.02. The van der Waals surface area contributed by atoms with Crippen molar-refractivity contribution in [2.45, 2.75) is 72.1 Å². The first-order valence-corrected chi connectivity index (χ1v) is 6.20. The molecule has 0 heterocycles. The molecule has 78 valence electrons. The van der Waals surface area contributed by atoms with Crippen LogP contribution in [-0.4, -0.2) is 0 Å². The van der Waals surface area contributed by atoms with E-state index >= 15 is 0 Å². The van der Waals surface area contributed by atoms with Crippen molar-refractivity contribution in [3.8, 4) is 0 Å². The van der Waals surface area contributed by atoms with Crippen molar-refractivity contribution < 1.29 is 0 Å². The van der Waals surface area contributed by atoms with Crippen molar-refractivity contribution in [1.29, 1.82) is 0 Å². The molecule has 0 nitrogen and oxygen atoms in total. The zero-order valence-electron chi connectivity index (χ0n) is 9.73. The van der Waals surface area contributed by atoms with Gasteiger partial charge in [-0.1, -0.05) is 52.9 Å². The zero-order chi connectivity index (χ0) is 9.73. The maximum atomic E-state index is 2.49. The summed E-state index contributed by atoms with van der Waals surface area (Å²) in [6, 6.07) is 0. The molecule has 0 bridgehead atoms. The lowest BCUT2D eigenvalue weighted by atomic mass is 9.78. The van der Waals surface area contributed by atoms with Crippen LogP contribution in [0.25, 0.3) is 0 Å². The summed E-state index contributed by atoms with van der Waals surface area (Å²) in [6.45, 7) is 7.16. The lowest BCUT2D eigenvalue weighted by molar-refractivity contribution is 0.241. The fraction of sp³-hybridized carbons (Fsp3) is 1.00. The molecule has 0 aliphatic heterocycles. The topological polar surface area (TPSA) is 0 Å². The van der Waals surface area contributed by atoms with Crippen molar-refractivity contribution in [3.63, 3.8) is 0 Å². The van der Waals surface area contributed by atoms with Gasteiger partial charge >= 0.3 is 0 Å². The predicted molar refractivity (Wildman–Crippen MR) is 59.9 cm³/mol. The first-order chi connectivity index (χ1) is 6.20. The molecule has 0 amide bonds. The molecule has 0 heteroatoms. The van der Waals surface area contributed by atoms with Gasteiger partial charge in [0.15, 0.2) is 0 Å². The van der Waals surface area contributed by atoms with Gasteiger partial charge in [0.2, 0.25) is 0 Å². The Labute approximate surface area is 84.1 Å². The molecule has 1 aliphatic rings. The zero-order valence-corrected chi connectivity index (χ0v) is 9.73. The average Bonchev–Trinajstić information content (AvgIpc) is 2.95. The van der Waals surface area contributed by atoms with Gasteiger partial charge in [-0.2, -0.15) is 0 Å². The summed E-state index contributed by atoms with van der Waals surface area (Å²) in [7, 11) is 0. The molecule has 0 saturated heterocycles. The first-order valence-electron chi connectivity index (χ1n) is 6.20. The summed E-state index contributed by atoms with van der Waals surface area (Å²) < 4.78 is 0. The molecule has 13 heavy (non-hydrogen) atoms. The highest BCUT2D eigenvalue weighted by molar-refractivity contribution is 4.79. The fourth-order valence-corrected chi connectivity index (χ4v) is 2.04. The van der Waals surface area contributed by atoms with Gasteiger partial charge in [-0.15, -0.1) is 0 Å². The second-order valence-electron chi connectivity index (χ2n) is 5.25. The van der Waals surface area contributed by atoms with E-state index in [2.05, 4.69) is 20.8 Å². The average molecular weight is 182 g/mol. The lowest BCUT2D eigenvalue weighted by Gasteiger charge is -2.28. The Balaban J connectivity index is 2.19. The molecular weight excluding hydrogens is 156 g/mol. The Kier molecular flexibility index (Phi) is 4.28. The Morgan fingerprint density at radius 1 is 1.15 bits per heavy atom. The van der Waals surface area contributed by atoms with Crippen molar-refractivity contribution in [2.24, 2.45) is 11.3 Å². The van der Waals surface area contributed by atoms with E-state index in [1.165, 1.54) is 51.4 Å². The summed E-state index contributed by atoms with van der Waals surface area (Å²) in [5.41, 5.74) is 0.665. The molecule has 1 fully saturated rings. The van der Waals surface area contributed by atoms with E-state index in [4.69, 9.17) is 0 Å². The molecule has 0 N–H and O–H groups in total. The lowest BCUT2D eigenvalue weighted by Crippen LogP contribution is -2.15. The summed E-state index contributed by atoms with van der Waals surface area (Å²) >= 11 is 0. The van der Waals surface area contributed by atoms with Crippen LogP contribution in [0.4, 0.5) is 0 Å². The van der Waals surface area contributed by atoms with Crippen LogP contribution in [0.2, 0.25) is 0 Å². The maximum absolute atomic E-state index is 2.49. The largest absolute Gasteiger partial charge is 0.0654 e. The van der Waals surface area contributed by atoms with Crippen LogP contribution in [0.15, 0.2) is 0 Å². The third kappa shape index (κ3) is 4.15. The van der Waals surface area contributed by atoms with Crippen molar-refractivity contribution in [1.82, 2.24) is 0 Å². The smallest absolute Gasteiger partial charge is 0.0328 e. The van der Waals surface area contributed by atoms with Gasteiger partial charge in [-0.05, 0) is 30.6 Å². The van der Waals surface area contributed by atoms with Crippen LogP contribution >= 0.6 is 0 Å². The summed E-state index contributed by atoms with van der Waals surface area (Å²) in [4.78, 5) is 0. The molecule has 1 aliphatic carbocycles. The van der Waals surface area contributed by atoms with Crippen LogP contribution < -0.4 is 0 Å². The van der Waals surface area contributed by atoms with Crippen molar-refractivity contribution in [3.05, 3.63) is 0 Å². The molecule has 1 rings (SSSR count). The molecular formula is C13H26. The maximum Gasteiger partial charge on any atom is -0.0328 e. The van der Waals surface area contributed by atoms with Crippen LogP contribution in [0.5, 0.6) is 0 Å². The first kappa shape index (κ1) is 11.1. The van der Waals surface area contributed by atoms with E-state index in [9.17, 15) is 0 Å². The highest BCUT2D eigenvalue weighted by Crippen LogP contribution is 2.40. The predicted octanol–water partition coefficient (Wildman–Crippen LogP) is 4.78. The van der Waals surface area contributed by atoms with E-state index in [0.29, 0.717) is 5.41 Å². The number of unbranched alkanes of at least 4 members (excludes halogenated alkanes) is 1. The summed E-state index contributed by atoms with van der Waals surface area (Å²) in [6.07, 6.45) is 11.6. The van der Waals surface area contributed by atoms with Gasteiger partial charge in [0, 0.05) is 0 Å². The number of rotatable bonds is 7. The van der Waals surface area contributed by atoms with Crippen LogP contribution in [-0.2, 0) is 0 Å². The fourth-order valence-electron chi connectivity index (χ4n) is 2.04. The van der Waals surface area contributed by atoms with Crippen molar-refractivity contribution >= 4 is 0 Å². The molecule has 1 atom stereocenters. The minimum absolute atomic E-state index is 0.665. The Bertz CT molecular complexity index is 135. The Morgan fingerprint density at radius 3 is 2.31 bits per heavy atom. The standard InChI is InChI=1S/C13H26/c1-4-6-10-13(3,5-2)11-9-12-7-8-12/h12H,4-11H2,1-3H3. The minimum atomic E-state index is 0.665.